The molecule has 0 spiro atoms. The van der Waals surface area contributed by atoms with E-state index in [0.29, 0.717) is 4.90 Å². The summed E-state index contributed by atoms with van der Waals surface area (Å²) in [6.45, 7) is 3.27. The van der Waals surface area contributed by atoms with Gasteiger partial charge in [0.05, 0.1) is 0 Å². The molecule has 1 N–H and O–H groups in total. The Morgan fingerprint density at radius 2 is 2.43 bits per heavy atom. The van der Waals surface area contributed by atoms with Gasteiger partial charge in [0.15, 0.2) is 0 Å². The van der Waals surface area contributed by atoms with Crippen LogP contribution in [-0.4, -0.2) is 13.0 Å². The Kier molecular flexibility index (Phi) is 2.30. The molecule has 7 heavy (non-hydrogen) atoms. The van der Waals surface area contributed by atoms with Gasteiger partial charge in [-0.3, -0.25) is 0 Å². The average molecular weight is 99.1 g/mol. The van der Waals surface area contributed by atoms with E-state index in [-0.39, 0.29) is 5.91 Å². The zero-order valence-corrected chi connectivity index (χ0v) is 4.40. The molecular weight excluding hydrogens is 90.1 g/mol. The van der Waals surface area contributed by atoms with Crippen molar-refractivity contribution in [2.75, 3.05) is 7.05 Å². The molecule has 1 amide bonds. The smallest absolute Gasteiger partial charge is 0.310 e. The van der Waals surface area contributed by atoms with Crippen LogP contribution in [-0.2, 0) is 4.79 Å². The number of carbonyl (C=O) groups is 1. The van der Waals surface area contributed by atoms with E-state index in [2.05, 4.69) is 13.6 Å². The molecule has 0 bridgehead atoms. The Balaban J connectivity index is 3.56. The molecule has 0 radical (unpaired) electrons. The van der Waals surface area contributed by atoms with Gasteiger partial charge in [-0.25, -0.2) is 4.79 Å². The monoisotopic (exact) mass is 99.1 g/mol. The maximum absolute atomic E-state index is 10.3. The van der Waals surface area contributed by atoms with Crippen molar-refractivity contribution in [3.63, 3.8) is 0 Å². The van der Waals surface area contributed by atoms with Gasteiger partial charge in [0.1, 0.15) is 0 Å². The Morgan fingerprint density at radius 3 is 2.43 bits per heavy atom. The third-order valence-electron chi connectivity index (χ3n) is 0.606. The molecular formula is C5H9NO. The maximum atomic E-state index is 10.3. The number of hydrogen-bond acceptors (Lipinski definition) is 1. The fourth-order valence-corrected chi connectivity index (χ4v) is 0.174. The lowest BCUT2D eigenvalue weighted by Crippen LogP contribution is -3.06. The van der Waals surface area contributed by atoms with Crippen molar-refractivity contribution in [2.45, 2.75) is 0 Å². The van der Waals surface area contributed by atoms with Gasteiger partial charge in [-0.2, -0.15) is 0 Å². The third-order valence-corrected chi connectivity index (χ3v) is 0.606. The minimum Gasteiger partial charge on any atom is -0.403 e. The largest absolute Gasteiger partial charge is 0.403 e. The van der Waals surface area contributed by atoms with Crippen molar-refractivity contribution in [2.24, 2.45) is 0 Å². The van der Waals surface area contributed by atoms with Gasteiger partial charge < -0.3 is 4.90 Å². The highest BCUT2D eigenvalue weighted by molar-refractivity contribution is 5.78. The summed E-state index contributed by atoms with van der Waals surface area (Å²) in [4.78, 5) is 10.8. The molecule has 0 heterocycles. The predicted molar refractivity (Wildman–Crippen MR) is 27.4 cm³/mol. The highest BCUT2D eigenvalue weighted by atomic mass is 16.2. The van der Waals surface area contributed by atoms with Crippen molar-refractivity contribution < 1.29 is 9.69 Å². The number of rotatable bonds is 1. The molecule has 2 heteroatoms. The summed E-state index contributed by atoms with van der Waals surface area (Å²) in [5.74, 6) is -0.0833. The standard InChI is InChI=1S/C5H9NO/c1-4-5(7)6(2)3/h4,6H,1-2H2,3H3. The molecule has 0 aromatic carbocycles. The van der Waals surface area contributed by atoms with Gasteiger partial charge in [-0.05, 0) is 0 Å². The Bertz CT molecular complexity index is 86.1. The van der Waals surface area contributed by atoms with E-state index in [9.17, 15) is 4.79 Å². The number of nitrogens with one attached hydrogen (secondary N) is 1. The van der Waals surface area contributed by atoms with Crippen LogP contribution in [0.4, 0.5) is 0 Å². The van der Waals surface area contributed by atoms with Gasteiger partial charge >= 0.3 is 5.91 Å². The molecule has 0 aliphatic heterocycles. The molecule has 2 nitrogen and oxygen atoms in total. The van der Waals surface area contributed by atoms with Crippen LogP contribution in [0, 0.1) is 7.05 Å². The summed E-state index contributed by atoms with van der Waals surface area (Å²) in [7, 11) is 5.06. The first-order valence-electron chi connectivity index (χ1n) is 2.00. The van der Waals surface area contributed by atoms with Crippen LogP contribution in [0.5, 0.6) is 0 Å². The highest BCUT2D eigenvalue weighted by Gasteiger charge is 1.92. The lowest BCUT2D eigenvalue weighted by molar-refractivity contribution is -0.743. The molecule has 0 aliphatic rings. The average Bonchev–Trinajstić information content (AvgIpc) is 1.65. The molecule has 40 valence electrons. The van der Waals surface area contributed by atoms with Crippen molar-refractivity contribution >= 4 is 5.91 Å². The maximum Gasteiger partial charge on any atom is 0.310 e. The van der Waals surface area contributed by atoms with Crippen LogP contribution in [0.3, 0.4) is 0 Å². The van der Waals surface area contributed by atoms with Gasteiger partial charge in [0, 0.05) is 13.1 Å². The van der Waals surface area contributed by atoms with Crippen LogP contribution in [0.15, 0.2) is 12.7 Å². The summed E-state index contributed by atoms with van der Waals surface area (Å²) in [5, 5.41) is 0. The fourth-order valence-electron chi connectivity index (χ4n) is 0.174. The summed E-state index contributed by atoms with van der Waals surface area (Å²) in [6, 6.07) is 0. The van der Waals surface area contributed by atoms with Crippen molar-refractivity contribution in [3.05, 3.63) is 19.7 Å². The molecule has 0 fully saturated rings. The van der Waals surface area contributed by atoms with E-state index in [0.717, 1.165) is 0 Å². The van der Waals surface area contributed by atoms with Crippen molar-refractivity contribution in [1.29, 1.82) is 0 Å². The van der Waals surface area contributed by atoms with Crippen LogP contribution in [0.25, 0.3) is 0 Å². The van der Waals surface area contributed by atoms with Crippen LogP contribution < -0.4 is 4.90 Å². The Morgan fingerprint density at radius 1 is 2.00 bits per heavy atom. The van der Waals surface area contributed by atoms with Crippen LogP contribution in [0.1, 0.15) is 0 Å². The SMILES string of the molecule is C=CC(=O)[NH+]([CH2-])C. The molecule has 0 rings (SSSR count). The van der Waals surface area contributed by atoms with Crippen LogP contribution in [0.2, 0.25) is 0 Å². The minimum atomic E-state index is -0.0833. The molecule has 1 unspecified atom stereocenters. The van der Waals surface area contributed by atoms with Gasteiger partial charge in [-0.15, -0.1) is 7.05 Å². The molecule has 1 atom stereocenters. The Labute approximate surface area is 43.4 Å². The second-order valence-electron chi connectivity index (χ2n) is 1.35. The second kappa shape index (κ2) is 2.53. The normalized spacial score (nSPS) is 12.9. The quantitative estimate of drug-likeness (QED) is 0.330. The topological polar surface area (TPSA) is 21.5 Å². The van der Waals surface area contributed by atoms with Gasteiger partial charge in [0.2, 0.25) is 0 Å². The summed E-state index contributed by atoms with van der Waals surface area (Å²) >= 11 is 0. The zero-order chi connectivity index (χ0) is 5.86. The van der Waals surface area contributed by atoms with E-state index < -0.39 is 0 Å². The predicted octanol–water partition coefficient (Wildman–Crippen LogP) is -0.995. The number of carbonyl (C=O) groups excluding carboxylic acids is 1. The molecule has 0 aromatic rings. The van der Waals surface area contributed by atoms with Gasteiger partial charge in [-0.1, -0.05) is 6.58 Å². The lowest BCUT2D eigenvalue weighted by atomic mass is 10.5. The number of hydrogen-bond donors (Lipinski definition) is 1. The van der Waals surface area contributed by atoms with Gasteiger partial charge in [0.25, 0.3) is 0 Å². The Hall–Kier alpha value is -0.630. The molecule has 0 aromatic heterocycles. The zero-order valence-electron chi connectivity index (χ0n) is 4.40. The van der Waals surface area contributed by atoms with E-state index in [1.54, 1.807) is 7.05 Å². The van der Waals surface area contributed by atoms with Crippen molar-refractivity contribution in [1.82, 2.24) is 0 Å². The molecule has 0 saturated heterocycles. The lowest BCUT2D eigenvalue weighted by Gasteiger charge is -2.05. The van der Waals surface area contributed by atoms with E-state index in [1.807, 2.05) is 0 Å². The van der Waals surface area contributed by atoms with E-state index >= 15 is 0 Å². The number of quaternary nitrogens is 1. The minimum absolute atomic E-state index is 0.0833. The van der Waals surface area contributed by atoms with E-state index in [1.165, 1.54) is 6.08 Å². The molecule has 0 saturated carbocycles. The number of amides is 1. The third kappa shape index (κ3) is 2.11. The van der Waals surface area contributed by atoms with Crippen molar-refractivity contribution in [3.8, 4) is 0 Å². The summed E-state index contributed by atoms with van der Waals surface area (Å²) < 4.78 is 0. The van der Waals surface area contributed by atoms with Crippen LogP contribution >= 0.6 is 0 Å². The first kappa shape index (κ1) is 6.37. The first-order valence-corrected chi connectivity index (χ1v) is 2.00. The first-order chi connectivity index (χ1) is 3.18. The fraction of sp³-hybridized carbons (Fsp3) is 0.200. The number of likely N-dealkylation sites (N-methyl/N-ethyl adjacent to an activating group) is 1. The van der Waals surface area contributed by atoms with E-state index in [4.69, 9.17) is 0 Å². The second-order valence-corrected chi connectivity index (χ2v) is 1.35. The summed E-state index contributed by atoms with van der Waals surface area (Å²) in [5.41, 5.74) is 0. The summed E-state index contributed by atoms with van der Waals surface area (Å²) in [6.07, 6.45) is 1.25. The highest BCUT2D eigenvalue weighted by Crippen LogP contribution is 1.51. The molecule has 0 aliphatic carbocycles.